The molecule has 3 amide bonds. The van der Waals surface area contributed by atoms with Crippen LogP contribution in [0.5, 0.6) is 0 Å². The first-order valence-electron chi connectivity index (χ1n) is 7.23. The van der Waals surface area contributed by atoms with Gasteiger partial charge in [-0.3, -0.25) is 4.79 Å². The van der Waals surface area contributed by atoms with E-state index in [0.29, 0.717) is 12.5 Å². The van der Waals surface area contributed by atoms with E-state index in [2.05, 4.69) is 17.2 Å². The Balaban J connectivity index is 2.50. The molecule has 1 fully saturated rings. The molecule has 5 nitrogen and oxygen atoms in total. The number of rotatable bonds is 3. The van der Waals surface area contributed by atoms with Gasteiger partial charge in [-0.05, 0) is 52.5 Å². The molecule has 1 saturated heterocycles. The summed E-state index contributed by atoms with van der Waals surface area (Å²) in [5.41, 5.74) is -0.249. The molecule has 0 aromatic carbocycles. The molecule has 1 heterocycles. The van der Waals surface area contributed by atoms with Crippen molar-refractivity contribution >= 4 is 11.9 Å². The van der Waals surface area contributed by atoms with Crippen molar-refractivity contribution in [3.8, 4) is 0 Å². The average molecular weight is 281 g/mol. The maximum Gasteiger partial charge on any atom is 0.315 e. The monoisotopic (exact) mass is 281 g/mol. The third kappa shape index (κ3) is 5.23. The molecule has 0 bridgehead atoms. The zero-order valence-corrected chi connectivity index (χ0v) is 13.0. The van der Waals surface area contributed by atoms with Crippen LogP contribution in [0.2, 0.25) is 0 Å². The van der Waals surface area contributed by atoms with Gasteiger partial charge in [-0.25, -0.2) is 4.79 Å². The summed E-state index contributed by atoms with van der Waals surface area (Å²) in [6, 6.07) is -0.116. The van der Waals surface area contributed by atoms with Crippen molar-refractivity contribution in [2.75, 3.05) is 13.1 Å². The Labute approximate surface area is 121 Å². The second kappa shape index (κ2) is 6.77. The van der Waals surface area contributed by atoms with Gasteiger partial charge in [0, 0.05) is 24.7 Å². The summed E-state index contributed by atoms with van der Waals surface area (Å²) in [6.07, 6.45) is 3.35. The predicted octanol–water partition coefficient (Wildman–Crippen LogP) is 1.90. The fraction of sp³-hybridized carbons (Fsp3) is 0.733. The number of urea groups is 1. The molecule has 0 unspecified atom stereocenters. The van der Waals surface area contributed by atoms with Crippen LogP contribution < -0.4 is 10.6 Å². The number of nitrogens with zero attached hydrogens (tertiary/aromatic N) is 1. The fourth-order valence-corrected chi connectivity index (χ4v) is 2.45. The third-order valence-corrected chi connectivity index (χ3v) is 3.50. The van der Waals surface area contributed by atoms with Crippen LogP contribution in [0.4, 0.5) is 4.79 Å². The van der Waals surface area contributed by atoms with E-state index in [0.717, 1.165) is 19.4 Å². The molecule has 1 aliphatic rings. The lowest BCUT2D eigenvalue weighted by Crippen LogP contribution is -2.53. The molecule has 0 spiro atoms. The summed E-state index contributed by atoms with van der Waals surface area (Å²) in [5, 5.41) is 5.86. The highest BCUT2D eigenvalue weighted by molar-refractivity contribution is 5.87. The first kappa shape index (κ1) is 16.5. The van der Waals surface area contributed by atoms with E-state index in [1.807, 2.05) is 27.7 Å². The second-order valence-electron chi connectivity index (χ2n) is 6.53. The maximum atomic E-state index is 11.9. The number of carbonyl (C=O) groups excluding carboxylic acids is 2. The molecule has 2 N–H and O–H groups in total. The van der Waals surface area contributed by atoms with Gasteiger partial charge < -0.3 is 15.5 Å². The van der Waals surface area contributed by atoms with Gasteiger partial charge in [-0.2, -0.15) is 0 Å². The lowest BCUT2D eigenvalue weighted by Gasteiger charge is -2.36. The summed E-state index contributed by atoms with van der Waals surface area (Å²) in [5.74, 6) is 0.263. The van der Waals surface area contributed by atoms with Gasteiger partial charge in [0.2, 0.25) is 5.91 Å². The fourth-order valence-electron chi connectivity index (χ4n) is 2.45. The number of hydrogen-bond donors (Lipinski definition) is 2. The summed E-state index contributed by atoms with van der Waals surface area (Å²) in [4.78, 5) is 25.3. The Morgan fingerprint density at radius 1 is 1.40 bits per heavy atom. The van der Waals surface area contributed by atoms with Crippen LogP contribution in [0.3, 0.4) is 0 Å². The Kier molecular flexibility index (Phi) is 5.60. The Hall–Kier alpha value is -1.52. The molecule has 20 heavy (non-hydrogen) atoms. The van der Waals surface area contributed by atoms with E-state index in [-0.39, 0.29) is 23.5 Å². The first-order valence-corrected chi connectivity index (χ1v) is 7.23. The predicted molar refractivity (Wildman–Crippen MR) is 80.4 cm³/mol. The van der Waals surface area contributed by atoms with Crippen LogP contribution in [-0.2, 0) is 4.79 Å². The Morgan fingerprint density at radius 3 is 2.60 bits per heavy atom. The van der Waals surface area contributed by atoms with Crippen molar-refractivity contribution in [3.63, 3.8) is 0 Å². The highest BCUT2D eigenvalue weighted by Gasteiger charge is 2.27. The topological polar surface area (TPSA) is 61.4 Å². The minimum absolute atomic E-state index is 0.0268. The summed E-state index contributed by atoms with van der Waals surface area (Å²) >= 11 is 0. The van der Waals surface area contributed by atoms with E-state index in [1.54, 1.807) is 4.90 Å². The quantitative estimate of drug-likeness (QED) is 0.776. The molecule has 0 aromatic rings. The molecular weight excluding hydrogens is 254 g/mol. The largest absolute Gasteiger partial charge is 0.339 e. The van der Waals surface area contributed by atoms with E-state index in [9.17, 15) is 9.59 Å². The zero-order valence-electron chi connectivity index (χ0n) is 13.0. The van der Waals surface area contributed by atoms with Crippen LogP contribution in [0.25, 0.3) is 0 Å². The van der Waals surface area contributed by atoms with Crippen LogP contribution in [0.15, 0.2) is 12.7 Å². The van der Waals surface area contributed by atoms with Crippen LogP contribution in [0.1, 0.15) is 40.5 Å². The highest BCUT2D eigenvalue weighted by atomic mass is 16.2. The van der Waals surface area contributed by atoms with Gasteiger partial charge in [-0.15, -0.1) is 0 Å². The lowest BCUT2D eigenvalue weighted by molar-refractivity contribution is -0.127. The standard InChI is InChI=1S/C15H27N3O2/c1-6-13(19)18-9-7-8-12(10-18)11(2)16-14(20)17-15(3,4)5/h6,11-12H,1,7-10H2,2-5H3,(H2,16,17,20)/t11-,12-/m0/s1. The normalized spacial score (nSPS) is 21.0. The van der Waals surface area contributed by atoms with Crippen LogP contribution >= 0.6 is 0 Å². The van der Waals surface area contributed by atoms with Crippen molar-refractivity contribution in [2.24, 2.45) is 5.92 Å². The molecule has 5 heteroatoms. The number of likely N-dealkylation sites (tertiary alicyclic amines) is 1. The van der Waals surface area contributed by atoms with Crippen LogP contribution in [-0.4, -0.2) is 41.5 Å². The van der Waals surface area contributed by atoms with Gasteiger partial charge in [0.25, 0.3) is 0 Å². The molecule has 2 atom stereocenters. The molecule has 114 valence electrons. The molecule has 0 aromatic heterocycles. The van der Waals surface area contributed by atoms with Crippen molar-refractivity contribution in [1.82, 2.24) is 15.5 Å². The average Bonchev–Trinajstić information content (AvgIpc) is 2.35. The van der Waals surface area contributed by atoms with Crippen molar-refractivity contribution in [1.29, 1.82) is 0 Å². The van der Waals surface area contributed by atoms with Gasteiger partial charge in [0.1, 0.15) is 0 Å². The highest BCUT2D eigenvalue weighted by Crippen LogP contribution is 2.20. The minimum atomic E-state index is -0.249. The minimum Gasteiger partial charge on any atom is -0.339 e. The van der Waals surface area contributed by atoms with Crippen molar-refractivity contribution in [2.45, 2.75) is 52.1 Å². The zero-order chi connectivity index (χ0) is 15.3. The SMILES string of the molecule is C=CC(=O)N1CCC[C@H]([C@H](C)NC(=O)NC(C)(C)C)C1. The van der Waals surface area contributed by atoms with E-state index >= 15 is 0 Å². The summed E-state index contributed by atoms with van der Waals surface area (Å²) in [6.45, 7) is 12.8. The van der Waals surface area contributed by atoms with Gasteiger partial charge >= 0.3 is 6.03 Å². The molecule has 0 saturated carbocycles. The van der Waals surface area contributed by atoms with Crippen molar-refractivity contribution in [3.05, 3.63) is 12.7 Å². The van der Waals surface area contributed by atoms with Gasteiger partial charge in [-0.1, -0.05) is 6.58 Å². The molecule has 1 aliphatic heterocycles. The van der Waals surface area contributed by atoms with Gasteiger partial charge in [0.15, 0.2) is 0 Å². The molecular formula is C15H27N3O2. The molecule has 1 rings (SSSR count). The van der Waals surface area contributed by atoms with Crippen LogP contribution in [0, 0.1) is 5.92 Å². The second-order valence-corrected chi connectivity index (χ2v) is 6.53. The number of piperidine rings is 1. The number of hydrogen-bond acceptors (Lipinski definition) is 2. The van der Waals surface area contributed by atoms with E-state index in [4.69, 9.17) is 0 Å². The summed E-state index contributed by atoms with van der Waals surface area (Å²) in [7, 11) is 0. The van der Waals surface area contributed by atoms with E-state index in [1.165, 1.54) is 6.08 Å². The maximum absolute atomic E-state index is 11.9. The number of carbonyl (C=O) groups is 2. The van der Waals surface area contributed by atoms with Gasteiger partial charge in [0.05, 0.1) is 0 Å². The Bertz CT molecular complexity index is 374. The smallest absolute Gasteiger partial charge is 0.315 e. The number of nitrogens with one attached hydrogen (secondary N) is 2. The molecule has 0 radical (unpaired) electrons. The van der Waals surface area contributed by atoms with E-state index < -0.39 is 0 Å². The third-order valence-electron chi connectivity index (χ3n) is 3.50. The molecule has 0 aliphatic carbocycles. The lowest BCUT2D eigenvalue weighted by atomic mass is 9.91. The van der Waals surface area contributed by atoms with Crippen molar-refractivity contribution < 1.29 is 9.59 Å². The summed E-state index contributed by atoms with van der Waals surface area (Å²) < 4.78 is 0. The first-order chi connectivity index (χ1) is 9.23. The number of amides is 3. The Morgan fingerprint density at radius 2 is 2.05 bits per heavy atom.